The van der Waals surface area contributed by atoms with Gasteiger partial charge in [-0.3, -0.25) is 4.79 Å². The Labute approximate surface area is 207 Å². The monoisotopic (exact) mass is 504 g/mol. The minimum absolute atomic E-state index is 0.0975. The Balaban J connectivity index is 1.54. The van der Waals surface area contributed by atoms with Crippen molar-refractivity contribution in [2.45, 2.75) is 58.9 Å². The van der Waals surface area contributed by atoms with E-state index in [4.69, 9.17) is 4.74 Å². The van der Waals surface area contributed by atoms with E-state index >= 15 is 0 Å². The summed E-state index contributed by atoms with van der Waals surface area (Å²) in [5.41, 5.74) is 1.75. The van der Waals surface area contributed by atoms with E-state index in [0.29, 0.717) is 36.2 Å². The lowest BCUT2D eigenvalue weighted by Crippen LogP contribution is -2.38. The summed E-state index contributed by atoms with van der Waals surface area (Å²) in [6.45, 7) is 8.11. The van der Waals surface area contributed by atoms with Crippen molar-refractivity contribution in [3.05, 3.63) is 52.8 Å². The largest absolute Gasteiger partial charge is 0.442 e. The molecule has 10 heteroatoms. The van der Waals surface area contributed by atoms with Crippen LogP contribution in [0.25, 0.3) is 10.9 Å². The molecule has 0 unspecified atom stereocenters. The van der Waals surface area contributed by atoms with Crippen molar-refractivity contribution in [2.75, 3.05) is 23.3 Å². The van der Waals surface area contributed by atoms with E-state index in [0.717, 1.165) is 11.4 Å². The smallest absolute Gasteiger partial charge is 0.434 e. The van der Waals surface area contributed by atoms with E-state index in [-0.39, 0.29) is 18.4 Å². The van der Waals surface area contributed by atoms with Crippen LogP contribution in [0, 0.1) is 5.92 Å². The zero-order valence-corrected chi connectivity index (χ0v) is 20.9. The van der Waals surface area contributed by atoms with Gasteiger partial charge < -0.3 is 15.0 Å². The number of benzene rings is 2. The lowest BCUT2D eigenvalue weighted by atomic mass is 9.96. The topological polar surface area (TPSA) is 68.5 Å². The first-order chi connectivity index (χ1) is 16.9. The summed E-state index contributed by atoms with van der Waals surface area (Å²) >= 11 is 0. The predicted octanol–water partition coefficient (Wildman–Crippen LogP) is 6.13. The molecule has 1 saturated heterocycles. The molecule has 2 heterocycles. The van der Waals surface area contributed by atoms with E-state index in [2.05, 4.69) is 5.32 Å². The van der Waals surface area contributed by atoms with Gasteiger partial charge in [-0.1, -0.05) is 0 Å². The molecular weight excluding hydrogens is 473 g/mol. The van der Waals surface area contributed by atoms with Crippen LogP contribution in [0.5, 0.6) is 0 Å². The summed E-state index contributed by atoms with van der Waals surface area (Å²) in [5.74, 6) is -1.23. The number of nitrogens with one attached hydrogen (secondary N) is 1. The van der Waals surface area contributed by atoms with Gasteiger partial charge in [-0.2, -0.15) is 17.9 Å². The third kappa shape index (κ3) is 5.37. The van der Waals surface area contributed by atoms with Crippen molar-refractivity contribution in [1.82, 2.24) is 9.36 Å². The number of carbonyl (C=O) groups excluding carboxylic acids is 1. The number of aromatic nitrogens is 2. The number of fused-ring (bicyclic) bond motifs is 1. The summed E-state index contributed by atoms with van der Waals surface area (Å²) < 4.78 is 47.0. The quantitative estimate of drug-likeness (QED) is 0.463. The lowest BCUT2D eigenvalue weighted by Gasteiger charge is -2.34. The maximum absolute atomic E-state index is 12.9. The molecule has 1 aliphatic rings. The molecule has 1 aliphatic heterocycles. The number of anilines is 3. The highest BCUT2D eigenvalue weighted by Gasteiger charge is 2.41. The highest BCUT2D eigenvalue weighted by molar-refractivity contribution is 5.90. The third-order valence-electron chi connectivity index (χ3n) is 6.28. The number of piperidine rings is 1. The van der Waals surface area contributed by atoms with Gasteiger partial charge in [0.2, 0.25) is 0 Å². The molecule has 1 fully saturated rings. The summed E-state index contributed by atoms with van der Waals surface area (Å²) in [6, 6.07) is 12.6. The van der Waals surface area contributed by atoms with Crippen molar-refractivity contribution < 1.29 is 22.7 Å². The van der Waals surface area contributed by atoms with Gasteiger partial charge in [0.15, 0.2) is 0 Å². The molecule has 194 valence electrons. The summed E-state index contributed by atoms with van der Waals surface area (Å²) in [6.07, 6.45) is -4.57. The molecule has 36 heavy (non-hydrogen) atoms. The highest BCUT2D eigenvalue weighted by atomic mass is 19.4. The Bertz CT molecular complexity index is 1300. The SMILES string of the molecule is CCn1c(=O)c2ccc(Nc3ccc(N4CCC(C(F)(F)F)CC4)cc3)cc2n1C(=O)OC(C)(C)C. The van der Waals surface area contributed by atoms with E-state index in [1.165, 1.54) is 9.36 Å². The van der Waals surface area contributed by atoms with Crippen LogP contribution in [0.4, 0.5) is 35.0 Å². The summed E-state index contributed by atoms with van der Waals surface area (Å²) in [7, 11) is 0. The lowest BCUT2D eigenvalue weighted by molar-refractivity contribution is -0.179. The Kier molecular flexibility index (Phi) is 6.81. The molecule has 7 nitrogen and oxygen atoms in total. The fourth-order valence-corrected chi connectivity index (χ4v) is 4.50. The average molecular weight is 505 g/mol. The van der Waals surface area contributed by atoms with Gasteiger partial charge in [0, 0.05) is 36.7 Å². The van der Waals surface area contributed by atoms with Crippen molar-refractivity contribution in [1.29, 1.82) is 0 Å². The van der Waals surface area contributed by atoms with Gasteiger partial charge in [0.25, 0.3) is 5.56 Å². The number of alkyl halides is 3. The molecule has 3 aromatic rings. The van der Waals surface area contributed by atoms with Gasteiger partial charge in [-0.25, -0.2) is 9.48 Å². The van der Waals surface area contributed by atoms with Crippen LogP contribution in [-0.4, -0.2) is 40.3 Å². The first-order valence-electron chi connectivity index (χ1n) is 12.0. The molecule has 2 aromatic carbocycles. The molecule has 1 N–H and O–H groups in total. The molecule has 0 spiro atoms. The zero-order chi connectivity index (χ0) is 26.3. The third-order valence-corrected chi connectivity index (χ3v) is 6.28. The second-order valence-electron chi connectivity index (χ2n) is 10.0. The van der Waals surface area contributed by atoms with Gasteiger partial charge in [0.05, 0.1) is 16.8 Å². The predicted molar refractivity (Wildman–Crippen MR) is 134 cm³/mol. The Morgan fingerprint density at radius 3 is 2.19 bits per heavy atom. The Hall–Kier alpha value is -3.43. The van der Waals surface area contributed by atoms with E-state index in [1.54, 1.807) is 45.9 Å². The minimum Gasteiger partial charge on any atom is -0.442 e. The molecule has 0 radical (unpaired) electrons. The average Bonchev–Trinajstić information content (AvgIpc) is 3.09. The minimum atomic E-state index is -4.13. The van der Waals surface area contributed by atoms with E-state index in [1.807, 2.05) is 29.2 Å². The van der Waals surface area contributed by atoms with Crippen LogP contribution in [0.15, 0.2) is 47.3 Å². The molecule has 0 amide bonds. The maximum Gasteiger partial charge on any atom is 0.434 e. The van der Waals surface area contributed by atoms with Crippen molar-refractivity contribution in [2.24, 2.45) is 5.92 Å². The number of halogens is 3. The van der Waals surface area contributed by atoms with Crippen molar-refractivity contribution in [3.8, 4) is 0 Å². The fraction of sp³-hybridized carbons (Fsp3) is 0.462. The number of rotatable bonds is 4. The zero-order valence-electron chi connectivity index (χ0n) is 20.9. The Morgan fingerprint density at radius 2 is 1.64 bits per heavy atom. The normalized spacial score (nSPS) is 15.4. The molecule has 4 rings (SSSR count). The van der Waals surface area contributed by atoms with E-state index in [9.17, 15) is 22.8 Å². The number of ether oxygens (including phenoxy) is 1. The maximum atomic E-state index is 12.9. The van der Waals surface area contributed by atoms with Crippen LogP contribution >= 0.6 is 0 Å². The number of hydrogen-bond donors (Lipinski definition) is 1. The van der Waals surface area contributed by atoms with Crippen LogP contribution in [-0.2, 0) is 11.3 Å². The molecule has 1 aromatic heterocycles. The fourth-order valence-electron chi connectivity index (χ4n) is 4.50. The standard InChI is InChI=1S/C26H31F3N4O3/c1-5-32-23(34)21-11-8-19(16-22(21)33(32)24(35)36-25(2,3)4)30-18-6-9-20(10-7-18)31-14-12-17(13-15-31)26(27,28)29/h6-11,16-17,30H,5,12-15H2,1-4H3. The molecule has 0 bridgehead atoms. The number of hydrogen-bond acceptors (Lipinski definition) is 5. The van der Waals surface area contributed by atoms with Crippen LogP contribution < -0.4 is 15.8 Å². The van der Waals surface area contributed by atoms with Gasteiger partial charge >= 0.3 is 12.3 Å². The highest BCUT2D eigenvalue weighted by Crippen LogP contribution is 2.35. The first-order valence-corrected chi connectivity index (χ1v) is 12.0. The second-order valence-corrected chi connectivity index (χ2v) is 10.0. The van der Waals surface area contributed by atoms with Crippen LogP contribution in [0.2, 0.25) is 0 Å². The summed E-state index contributed by atoms with van der Waals surface area (Å²) in [4.78, 5) is 27.7. The molecule has 0 atom stereocenters. The van der Waals surface area contributed by atoms with Crippen molar-refractivity contribution in [3.63, 3.8) is 0 Å². The van der Waals surface area contributed by atoms with Gasteiger partial charge in [0.1, 0.15) is 5.60 Å². The number of nitrogens with zero attached hydrogens (tertiary/aromatic N) is 3. The second kappa shape index (κ2) is 9.55. The van der Waals surface area contributed by atoms with Crippen LogP contribution in [0.3, 0.4) is 0 Å². The molecule has 0 saturated carbocycles. The molecular formula is C26H31F3N4O3. The Morgan fingerprint density at radius 1 is 1.03 bits per heavy atom. The van der Waals surface area contributed by atoms with Gasteiger partial charge in [-0.05, 0) is 83.0 Å². The first kappa shape index (κ1) is 25.7. The van der Waals surface area contributed by atoms with Crippen molar-refractivity contribution >= 4 is 34.1 Å². The van der Waals surface area contributed by atoms with Crippen LogP contribution in [0.1, 0.15) is 40.5 Å². The number of carbonyl (C=O) groups is 1. The summed E-state index contributed by atoms with van der Waals surface area (Å²) in [5, 5.41) is 3.68. The van der Waals surface area contributed by atoms with E-state index < -0.39 is 23.8 Å². The molecule has 0 aliphatic carbocycles. The van der Waals surface area contributed by atoms with Gasteiger partial charge in [-0.15, -0.1) is 0 Å².